The molecule has 3 nitrogen and oxygen atoms in total. The van der Waals surface area contributed by atoms with Crippen molar-refractivity contribution >= 4 is 28.6 Å². The fraction of sp³-hybridized carbons (Fsp3) is 0.593. The molecule has 31 heavy (non-hydrogen) atoms. The van der Waals surface area contributed by atoms with Crippen LogP contribution < -0.4 is 10.2 Å². The lowest BCUT2D eigenvalue weighted by Crippen LogP contribution is -2.47. The summed E-state index contributed by atoms with van der Waals surface area (Å²) in [7, 11) is 0. The molecule has 0 spiro atoms. The van der Waals surface area contributed by atoms with Gasteiger partial charge in [-0.2, -0.15) is 0 Å². The number of hydrogen-bond donors (Lipinski definition) is 1. The van der Waals surface area contributed by atoms with Crippen LogP contribution in [-0.2, 0) is 17.8 Å². The van der Waals surface area contributed by atoms with Crippen molar-refractivity contribution in [2.75, 3.05) is 16.8 Å². The van der Waals surface area contributed by atoms with Gasteiger partial charge in [-0.3, -0.25) is 4.79 Å². The summed E-state index contributed by atoms with van der Waals surface area (Å²) in [4.78, 5) is 17.2. The van der Waals surface area contributed by atoms with Crippen molar-refractivity contribution in [2.24, 2.45) is 23.2 Å². The van der Waals surface area contributed by atoms with Gasteiger partial charge in [0.25, 0.3) is 0 Å². The number of thiophene rings is 1. The molecule has 0 radical (unpaired) electrons. The summed E-state index contributed by atoms with van der Waals surface area (Å²) in [6, 6.07) is 6.81. The van der Waals surface area contributed by atoms with E-state index in [2.05, 4.69) is 47.6 Å². The zero-order valence-corrected chi connectivity index (χ0v) is 19.7. The molecule has 2 aromatic rings. The molecule has 5 aliphatic rings. The van der Waals surface area contributed by atoms with Crippen LogP contribution in [0.1, 0.15) is 66.5 Å². The van der Waals surface area contributed by atoms with Gasteiger partial charge in [0, 0.05) is 35.8 Å². The normalized spacial score (nSPS) is 31.0. The standard InChI is InChI=1S/C27H34N2OS/c1-17-7-23(29-5-3-24-22(16-29)4-6-31-24)8-18(2)26(17)28-25(30)15-27-12-19-9-20(13-27)11-21(10-19)14-27/h4,6-8,19-21H,3,5,9-16H2,1-2H3,(H,28,30). The minimum Gasteiger partial charge on any atom is -0.367 e. The van der Waals surface area contributed by atoms with E-state index in [1.807, 2.05) is 11.3 Å². The van der Waals surface area contributed by atoms with Crippen molar-refractivity contribution in [3.8, 4) is 0 Å². The van der Waals surface area contributed by atoms with Gasteiger partial charge in [0.15, 0.2) is 0 Å². The van der Waals surface area contributed by atoms with Crippen molar-refractivity contribution < 1.29 is 4.79 Å². The smallest absolute Gasteiger partial charge is 0.224 e. The first-order chi connectivity index (χ1) is 15.0. The van der Waals surface area contributed by atoms with E-state index in [4.69, 9.17) is 0 Å². The first kappa shape index (κ1) is 19.8. The molecule has 1 amide bonds. The predicted molar refractivity (Wildman–Crippen MR) is 129 cm³/mol. The molecule has 7 rings (SSSR count). The summed E-state index contributed by atoms with van der Waals surface area (Å²) in [5.74, 6) is 2.93. The van der Waals surface area contributed by atoms with Crippen LogP contribution in [0.15, 0.2) is 23.6 Å². The number of hydrogen-bond acceptors (Lipinski definition) is 3. The topological polar surface area (TPSA) is 32.3 Å². The molecule has 164 valence electrons. The zero-order valence-electron chi connectivity index (χ0n) is 18.9. The van der Waals surface area contributed by atoms with Crippen molar-refractivity contribution in [2.45, 2.75) is 71.8 Å². The first-order valence-electron chi connectivity index (χ1n) is 12.2. The molecule has 4 aliphatic carbocycles. The number of nitrogens with zero attached hydrogens (tertiary/aromatic N) is 1. The number of carbonyl (C=O) groups excluding carboxylic acids is 1. The second-order valence-corrected chi connectivity index (χ2v) is 12.1. The monoisotopic (exact) mass is 434 g/mol. The van der Waals surface area contributed by atoms with E-state index in [0.717, 1.165) is 49.4 Å². The molecule has 4 saturated carbocycles. The minimum atomic E-state index is 0.238. The molecule has 0 atom stereocenters. The molecular formula is C27H34N2OS. The maximum absolute atomic E-state index is 13.2. The number of fused-ring (bicyclic) bond motifs is 1. The van der Waals surface area contributed by atoms with E-state index >= 15 is 0 Å². The summed E-state index contributed by atoms with van der Waals surface area (Å²) in [5.41, 5.74) is 6.46. The molecule has 0 saturated heterocycles. The summed E-state index contributed by atoms with van der Waals surface area (Å²) < 4.78 is 0. The van der Waals surface area contributed by atoms with Crippen LogP contribution in [0.5, 0.6) is 0 Å². The molecule has 4 bridgehead atoms. The van der Waals surface area contributed by atoms with Crippen LogP contribution in [-0.4, -0.2) is 12.5 Å². The molecule has 2 heterocycles. The van der Waals surface area contributed by atoms with Gasteiger partial charge >= 0.3 is 0 Å². The lowest BCUT2D eigenvalue weighted by molar-refractivity contribution is -0.124. The highest BCUT2D eigenvalue weighted by molar-refractivity contribution is 7.10. The van der Waals surface area contributed by atoms with E-state index in [-0.39, 0.29) is 5.91 Å². The lowest BCUT2D eigenvalue weighted by atomic mass is 9.49. The maximum atomic E-state index is 13.2. The van der Waals surface area contributed by atoms with Gasteiger partial charge in [0.05, 0.1) is 0 Å². The number of carbonyl (C=O) groups is 1. The first-order valence-corrected chi connectivity index (χ1v) is 13.1. The summed E-state index contributed by atoms with van der Waals surface area (Å²) >= 11 is 1.89. The molecule has 1 aromatic carbocycles. The van der Waals surface area contributed by atoms with Crippen LogP contribution in [0.3, 0.4) is 0 Å². The highest BCUT2D eigenvalue weighted by atomic mass is 32.1. The lowest BCUT2D eigenvalue weighted by Gasteiger charge is -2.56. The molecule has 1 aliphatic heterocycles. The van der Waals surface area contributed by atoms with Gasteiger partial charge in [-0.15, -0.1) is 11.3 Å². The van der Waals surface area contributed by atoms with Crippen LogP contribution in [0.25, 0.3) is 0 Å². The van der Waals surface area contributed by atoms with Crippen molar-refractivity contribution in [1.29, 1.82) is 0 Å². The van der Waals surface area contributed by atoms with E-state index in [1.54, 1.807) is 4.88 Å². The fourth-order valence-electron chi connectivity index (χ4n) is 7.82. The van der Waals surface area contributed by atoms with Gasteiger partial charge < -0.3 is 10.2 Å². The van der Waals surface area contributed by atoms with E-state index < -0.39 is 0 Å². The number of aryl methyl sites for hydroxylation is 2. The number of benzene rings is 1. The van der Waals surface area contributed by atoms with Crippen molar-refractivity contribution in [1.82, 2.24) is 0 Å². The number of nitrogens with one attached hydrogen (secondary N) is 1. The predicted octanol–water partition coefficient (Wildman–Crippen LogP) is 6.47. The largest absolute Gasteiger partial charge is 0.367 e. The molecule has 1 N–H and O–H groups in total. The van der Waals surface area contributed by atoms with E-state index in [9.17, 15) is 4.79 Å². The van der Waals surface area contributed by atoms with Gasteiger partial charge in [-0.05, 0) is 122 Å². The van der Waals surface area contributed by atoms with E-state index in [0.29, 0.717) is 5.41 Å². The Hall–Kier alpha value is -1.81. The van der Waals surface area contributed by atoms with E-state index in [1.165, 1.54) is 60.9 Å². The maximum Gasteiger partial charge on any atom is 0.224 e. The van der Waals surface area contributed by atoms with Gasteiger partial charge in [0.2, 0.25) is 5.91 Å². The Morgan fingerprint density at radius 3 is 2.39 bits per heavy atom. The quantitative estimate of drug-likeness (QED) is 0.598. The number of rotatable bonds is 4. The Labute approximate surface area is 190 Å². The Morgan fingerprint density at radius 1 is 1.10 bits per heavy atom. The number of amides is 1. The van der Waals surface area contributed by atoms with Crippen molar-refractivity contribution in [3.05, 3.63) is 45.1 Å². The zero-order chi connectivity index (χ0) is 21.2. The second-order valence-electron chi connectivity index (χ2n) is 11.1. The molecule has 0 unspecified atom stereocenters. The van der Waals surface area contributed by atoms with Crippen LogP contribution in [0, 0.1) is 37.0 Å². The average molecular weight is 435 g/mol. The number of anilines is 2. The third-order valence-electron chi connectivity index (χ3n) is 8.66. The molecule has 4 fully saturated rings. The Balaban J connectivity index is 1.17. The third kappa shape index (κ3) is 3.61. The van der Waals surface area contributed by atoms with Crippen molar-refractivity contribution in [3.63, 3.8) is 0 Å². The average Bonchev–Trinajstić information content (AvgIpc) is 3.17. The van der Waals surface area contributed by atoms with Gasteiger partial charge in [-0.1, -0.05) is 0 Å². The highest BCUT2D eigenvalue weighted by Crippen LogP contribution is 2.61. The summed E-state index contributed by atoms with van der Waals surface area (Å²) in [6.45, 7) is 6.37. The van der Waals surface area contributed by atoms with Crippen LogP contribution in [0.2, 0.25) is 0 Å². The van der Waals surface area contributed by atoms with Crippen LogP contribution in [0.4, 0.5) is 11.4 Å². The second kappa shape index (κ2) is 7.37. The SMILES string of the molecule is Cc1cc(N2CCc3sccc3C2)cc(C)c1NC(=O)CC12CC3CC(CC(C3)C1)C2. The Kier molecular flexibility index (Phi) is 4.72. The molecule has 1 aromatic heterocycles. The third-order valence-corrected chi connectivity index (χ3v) is 9.68. The molecular weight excluding hydrogens is 400 g/mol. The summed E-state index contributed by atoms with van der Waals surface area (Å²) in [5, 5.41) is 5.55. The van der Waals surface area contributed by atoms with Crippen LogP contribution >= 0.6 is 11.3 Å². The Bertz CT molecular complexity index is 964. The summed E-state index contributed by atoms with van der Waals surface area (Å²) in [6.07, 6.45) is 10.0. The minimum absolute atomic E-state index is 0.238. The van der Waals surface area contributed by atoms with Gasteiger partial charge in [-0.25, -0.2) is 0 Å². The Morgan fingerprint density at radius 2 is 1.74 bits per heavy atom. The fourth-order valence-corrected chi connectivity index (χ4v) is 8.71. The van der Waals surface area contributed by atoms with Gasteiger partial charge in [0.1, 0.15) is 0 Å². The molecule has 4 heteroatoms. The highest BCUT2D eigenvalue weighted by Gasteiger charge is 2.51.